The Hall–Kier alpha value is 0.0800. The molecule has 1 aliphatic carbocycles. The van der Waals surface area contributed by atoms with Crippen LogP contribution in [0.5, 0.6) is 0 Å². The quantitative estimate of drug-likeness (QED) is 0.786. The van der Waals surface area contributed by atoms with Crippen LogP contribution in [0.15, 0.2) is 0 Å². The Bertz CT molecular complexity index is 397. The summed E-state index contributed by atoms with van der Waals surface area (Å²) in [5, 5.41) is 0. The first-order chi connectivity index (χ1) is 8.92. The molecule has 1 saturated heterocycles. The van der Waals surface area contributed by atoms with Crippen LogP contribution in [-0.4, -0.2) is 50.6 Å². The van der Waals surface area contributed by atoms with E-state index in [-0.39, 0.29) is 36.6 Å². The zero-order valence-electron chi connectivity index (χ0n) is 12.1. The first kappa shape index (κ1) is 18.1. The van der Waals surface area contributed by atoms with Crippen LogP contribution in [0, 0.1) is 5.92 Å². The number of halogens is 1. The molecule has 4 atom stereocenters. The minimum absolute atomic E-state index is 0. The molecule has 120 valence electrons. The van der Waals surface area contributed by atoms with Crippen LogP contribution in [0.4, 0.5) is 0 Å². The molecule has 0 aromatic heterocycles. The van der Waals surface area contributed by atoms with E-state index < -0.39 is 10.2 Å². The van der Waals surface area contributed by atoms with Gasteiger partial charge in [-0.15, -0.1) is 12.4 Å². The Morgan fingerprint density at radius 3 is 2.40 bits per heavy atom. The molecule has 1 heterocycles. The van der Waals surface area contributed by atoms with Gasteiger partial charge in [0.25, 0.3) is 10.2 Å². The van der Waals surface area contributed by atoms with E-state index in [0.717, 1.165) is 19.3 Å². The van der Waals surface area contributed by atoms with Crippen LogP contribution >= 0.6 is 12.4 Å². The maximum absolute atomic E-state index is 12.4. The lowest BCUT2D eigenvalue weighted by molar-refractivity contribution is -0.0445. The lowest BCUT2D eigenvalue weighted by atomic mass is 10.1. The van der Waals surface area contributed by atoms with E-state index in [1.165, 1.54) is 4.31 Å². The minimum atomic E-state index is -3.43. The lowest BCUT2D eigenvalue weighted by Gasteiger charge is -2.35. The van der Waals surface area contributed by atoms with Gasteiger partial charge in [-0.2, -0.15) is 17.4 Å². The van der Waals surface area contributed by atoms with Crippen molar-refractivity contribution in [2.24, 2.45) is 11.7 Å². The Labute approximate surface area is 128 Å². The molecule has 0 aromatic carbocycles. The number of hydrogen-bond acceptors (Lipinski definition) is 4. The molecule has 1 aliphatic heterocycles. The number of morpholine rings is 1. The molecule has 0 amide bonds. The van der Waals surface area contributed by atoms with Crippen LogP contribution in [0.2, 0.25) is 0 Å². The molecule has 0 bridgehead atoms. The average Bonchev–Trinajstić information content (AvgIpc) is 2.74. The maximum Gasteiger partial charge on any atom is 0.279 e. The summed E-state index contributed by atoms with van der Waals surface area (Å²) < 4.78 is 34.7. The summed E-state index contributed by atoms with van der Waals surface area (Å²) in [6, 6.07) is -0.0107. The molecule has 6 nitrogen and oxygen atoms in total. The molecule has 4 unspecified atom stereocenters. The summed E-state index contributed by atoms with van der Waals surface area (Å²) in [6.45, 7) is 5.18. The molecule has 0 radical (unpaired) electrons. The number of rotatable bonds is 4. The molecular weight excluding hydrogens is 302 g/mol. The summed E-state index contributed by atoms with van der Waals surface area (Å²) in [5.74, 6) is 0.269. The Kier molecular flexibility index (Phi) is 6.69. The van der Waals surface area contributed by atoms with E-state index in [0.29, 0.717) is 19.6 Å². The van der Waals surface area contributed by atoms with Crippen molar-refractivity contribution in [2.75, 3.05) is 19.6 Å². The number of hydrogen-bond donors (Lipinski definition) is 2. The van der Waals surface area contributed by atoms with Gasteiger partial charge in [-0.25, -0.2) is 0 Å². The summed E-state index contributed by atoms with van der Waals surface area (Å²) >= 11 is 0. The Morgan fingerprint density at radius 2 is 1.85 bits per heavy atom. The second-order valence-corrected chi connectivity index (χ2v) is 7.43. The van der Waals surface area contributed by atoms with Crippen molar-refractivity contribution in [2.45, 2.75) is 51.4 Å². The molecule has 2 fully saturated rings. The van der Waals surface area contributed by atoms with Crippen molar-refractivity contribution in [3.05, 3.63) is 0 Å². The molecule has 2 aliphatic rings. The van der Waals surface area contributed by atoms with E-state index in [4.69, 9.17) is 10.5 Å². The van der Waals surface area contributed by atoms with Crippen LogP contribution in [0.25, 0.3) is 0 Å². The molecular formula is C12H26ClN3O3S. The van der Waals surface area contributed by atoms with E-state index >= 15 is 0 Å². The van der Waals surface area contributed by atoms with Gasteiger partial charge in [-0.05, 0) is 39.2 Å². The molecule has 3 N–H and O–H groups in total. The van der Waals surface area contributed by atoms with Crippen LogP contribution in [0.3, 0.4) is 0 Å². The van der Waals surface area contributed by atoms with E-state index in [9.17, 15) is 8.42 Å². The van der Waals surface area contributed by atoms with Crippen LogP contribution in [0.1, 0.15) is 33.1 Å². The van der Waals surface area contributed by atoms with Crippen LogP contribution in [-0.2, 0) is 14.9 Å². The zero-order chi connectivity index (χ0) is 14.0. The van der Waals surface area contributed by atoms with Gasteiger partial charge in [0, 0.05) is 19.1 Å². The summed E-state index contributed by atoms with van der Waals surface area (Å²) in [4.78, 5) is 0. The van der Waals surface area contributed by atoms with E-state index in [1.807, 2.05) is 13.8 Å². The zero-order valence-corrected chi connectivity index (χ0v) is 13.8. The molecule has 0 spiro atoms. The largest absolute Gasteiger partial charge is 0.373 e. The highest BCUT2D eigenvalue weighted by atomic mass is 35.5. The normalized spacial score (nSPS) is 35.8. The third-order valence-corrected chi connectivity index (χ3v) is 5.57. The van der Waals surface area contributed by atoms with Gasteiger partial charge in [-0.1, -0.05) is 6.42 Å². The fraction of sp³-hybridized carbons (Fsp3) is 1.00. The SMILES string of the molecule is CC1CN(S(=O)(=O)NC2CCCC2CN)CC(C)O1.Cl. The van der Waals surface area contributed by atoms with Gasteiger partial charge in [0.2, 0.25) is 0 Å². The highest BCUT2D eigenvalue weighted by molar-refractivity contribution is 7.87. The number of nitrogens with one attached hydrogen (secondary N) is 1. The monoisotopic (exact) mass is 327 g/mol. The number of ether oxygens (including phenoxy) is 1. The Balaban J connectivity index is 0.00000200. The highest BCUT2D eigenvalue weighted by Gasteiger charge is 2.35. The summed E-state index contributed by atoms with van der Waals surface area (Å²) in [7, 11) is -3.43. The van der Waals surface area contributed by atoms with E-state index in [1.54, 1.807) is 0 Å². The van der Waals surface area contributed by atoms with Crippen molar-refractivity contribution >= 4 is 22.6 Å². The second-order valence-electron chi connectivity index (χ2n) is 5.73. The highest BCUT2D eigenvalue weighted by Crippen LogP contribution is 2.26. The predicted octanol–water partition coefficient (Wildman–Crippen LogP) is 0.479. The van der Waals surface area contributed by atoms with E-state index in [2.05, 4.69) is 4.72 Å². The molecule has 8 heteroatoms. The van der Waals surface area contributed by atoms with Crippen LogP contribution < -0.4 is 10.5 Å². The third kappa shape index (κ3) is 4.29. The molecule has 2 rings (SSSR count). The molecule has 20 heavy (non-hydrogen) atoms. The smallest absolute Gasteiger partial charge is 0.279 e. The van der Waals surface area contributed by atoms with Gasteiger partial charge in [0.1, 0.15) is 0 Å². The van der Waals surface area contributed by atoms with Gasteiger partial charge in [0.05, 0.1) is 12.2 Å². The molecule has 1 saturated carbocycles. The topological polar surface area (TPSA) is 84.7 Å². The predicted molar refractivity (Wildman–Crippen MR) is 81.1 cm³/mol. The lowest BCUT2D eigenvalue weighted by Crippen LogP contribution is -2.54. The van der Waals surface area contributed by atoms with Crippen molar-refractivity contribution in [1.29, 1.82) is 0 Å². The molecule has 0 aromatic rings. The minimum Gasteiger partial charge on any atom is -0.373 e. The van der Waals surface area contributed by atoms with Gasteiger partial charge in [-0.3, -0.25) is 0 Å². The first-order valence-corrected chi connectivity index (χ1v) is 8.49. The third-order valence-electron chi connectivity index (χ3n) is 3.99. The maximum atomic E-state index is 12.4. The summed E-state index contributed by atoms with van der Waals surface area (Å²) in [6.07, 6.45) is 2.82. The van der Waals surface area contributed by atoms with Gasteiger partial charge < -0.3 is 10.5 Å². The standard InChI is InChI=1S/C12H25N3O3S.ClH/c1-9-7-15(8-10(2)18-9)19(16,17)14-12-5-3-4-11(12)6-13;/h9-12,14H,3-8,13H2,1-2H3;1H. The van der Waals surface area contributed by atoms with Gasteiger partial charge in [0.15, 0.2) is 0 Å². The number of nitrogens with zero attached hydrogens (tertiary/aromatic N) is 1. The second kappa shape index (κ2) is 7.38. The van der Waals surface area contributed by atoms with Crippen molar-refractivity contribution in [3.63, 3.8) is 0 Å². The van der Waals surface area contributed by atoms with Crippen molar-refractivity contribution in [3.8, 4) is 0 Å². The average molecular weight is 328 g/mol. The Morgan fingerprint density at radius 1 is 1.25 bits per heavy atom. The van der Waals surface area contributed by atoms with Crippen molar-refractivity contribution in [1.82, 2.24) is 9.03 Å². The van der Waals surface area contributed by atoms with Gasteiger partial charge >= 0.3 is 0 Å². The summed E-state index contributed by atoms with van der Waals surface area (Å²) in [5.41, 5.74) is 5.70. The van der Waals surface area contributed by atoms with Crippen molar-refractivity contribution < 1.29 is 13.2 Å². The fourth-order valence-electron chi connectivity index (χ4n) is 3.07. The first-order valence-electron chi connectivity index (χ1n) is 7.05. The number of nitrogens with two attached hydrogens (primary N) is 1. The fourth-order valence-corrected chi connectivity index (χ4v) is 4.72.